The van der Waals surface area contributed by atoms with Crippen molar-refractivity contribution in [3.63, 3.8) is 0 Å². The first-order chi connectivity index (χ1) is 12.7. The van der Waals surface area contributed by atoms with Gasteiger partial charge in [0.2, 0.25) is 0 Å². The Balaban J connectivity index is 1.55. The van der Waals surface area contributed by atoms with E-state index in [1.54, 1.807) is 4.90 Å². The van der Waals surface area contributed by atoms with E-state index in [1.807, 2.05) is 37.4 Å². The van der Waals surface area contributed by atoms with Crippen LogP contribution in [0.2, 0.25) is 0 Å². The molecule has 0 fully saturated rings. The number of ether oxygens (including phenoxy) is 2. The SMILES string of the molecule is CCCCOc1ccc(C(=O)N(C)CC2Cc3ccccc3CO2)cc1. The molecule has 0 bridgehead atoms. The zero-order valence-corrected chi connectivity index (χ0v) is 15.6. The minimum Gasteiger partial charge on any atom is -0.494 e. The normalized spacial score (nSPS) is 16.0. The van der Waals surface area contributed by atoms with Gasteiger partial charge in [-0.15, -0.1) is 0 Å². The van der Waals surface area contributed by atoms with Crippen LogP contribution >= 0.6 is 0 Å². The van der Waals surface area contributed by atoms with Crippen molar-refractivity contribution in [2.75, 3.05) is 20.2 Å². The Labute approximate surface area is 155 Å². The van der Waals surface area contributed by atoms with E-state index >= 15 is 0 Å². The van der Waals surface area contributed by atoms with Crippen LogP contribution in [0.25, 0.3) is 0 Å². The van der Waals surface area contributed by atoms with Crippen LogP contribution in [0, 0.1) is 0 Å². The molecule has 0 aliphatic carbocycles. The maximum absolute atomic E-state index is 12.7. The molecule has 138 valence electrons. The molecule has 0 N–H and O–H groups in total. The monoisotopic (exact) mass is 353 g/mol. The van der Waals surface area contributed by atoms with Gasteiger partial charge < -0.3 is 14.4 Å². The molecule has 0 radical (unpaired) electrons. The van der Waals surface area contributed by atoms with Gasteiger partial charge in [0.25, 0.3) is 5.91 Å². The largest absolute Gasteiger partial charge is 0.494 e. The lowest BCUT2D eigenvalue weighted by Gasteiger charge is -2.29. The minimum atomic E-state index is 0.00701. The summed E-state index contributed by atoms with van der Waals surface area (Å²) in [5.74, 6) is 0.817. The Hall–Kier alpha value is -2.33. The molecule has 0 spiro atoms. The molecule has 1 atom stereocenters. The average Bonchev–Trinajstić information content (AvgIpc) is 2.68. The second kappa shape index (κ2) is 8.86. The third-order valence-electron chi connectivity index (χ3n) is 4.73. The maximum atomic E-state index is 12.7. The Bertz CT molecular complexity index is 726. The molecule has 0 saturated heterocycles. The van der Waals surface area contributed by atoms with Crippen molar-refractivity contribution in [2.45, 2.75) is 38.9 Å². The molecule has 4 heteroatoms. The predicted molar refractivity (Wildman–Crippen MR) is 103 cm³/mol. The van der Waals surface area contributed by atoms with Gasteiger partial charge in [0.1, 0.15) is 5.75 Å². The second-order valence-corrected chi connectivity index (χ2v) is 6.82. The Morgan fingerprint density at radius 3 is 2.62 bits per heavy atom. The summed E-state index contributed by atoms with van der Waals surface area (Å²) in [5.41, 5.74) is 3.24. The van der Waals surface area contributed by atoms with Crippen LogP contribution in [-0.4, -0.2) is 37.1 Å². The summed E-state index contributed by atoms with van der Waals surface area (Å²) >= 11 is 0. The number of fused-ring (bicyclic) bond motifs is 1. The van der Waals surface area contributed by atoms with Gasteiger partial charge in [-0.05, 0) is 41.8 Å². The fourth-order valence-electron chi connectivity index (χ4n) is 3.16. The highest BCUT2D eigenvalue weighted by Crippen LogP contribution is 2.21. The minimum absolute atomic E-state index is 0.00701. The van der Waals surface area contributed by atoms with Crippen LogP contribution in [0.3, 0.4) is 0 Å². The summed E-state index contributed by atoms with van der Waals surface area (Å²) in [6.45, 7) is 4.05. The summed E-state index contributed by atoms with van der Waals surface area (Å²) in [5, 5.41) is 0. The van der Waals surface area contributed by atoms with Gasteiger partial charge in [-0.3, -0.25) is 4.79 Å². The molecule has 4 nitrogen and oxygen atoms in total. The van der Waals surface area contributed by atoms with Crippen LogP contribution in [0.15, 0.2) is 48.5 Å². The van der Waals surface area contributed by atoms with Crippen LogP contribution in [-0.2, 0) is 17.8 Å². The standard InChI is InChI=1S/C22H27NO3/c1-3-4-13-25-20-11-9-17(10-12-20)22(24)23(2)15-21-14-18-7-5-6-8-19(18)16-26-21/h5-12,21H,3-4,13-16H2,1-2H3. The van der Waals surface area contributed by atoms with Crippen LogP contribution in [0.4, 0.5) is 0 Å². The first kappa shape index (κ1) is 18.5. The number of benzene rings is 2. The smallest absolute Gasteiger partial charge is 0.253 e. The van der Waals surface area contributed by atoms with Crippen molar-refractivity contribution in [3.8, 4) is 5.75 Å². The molecule has 26 heavy (non-hydrogen) atoms. The Kier molecular flexibility index (Phi) is 6.29. The lowest BCUT2D eigenvalue weighted by atomic mass is 9.99. The summed E-state index contributed by atoms with van der Waals surface area (Å²) < 4.78 is 11.6. The number of hydrogen-bond acceptors (Lipinski definition) is 3. The molecule has 0 aromatic heterocycles. The van der Waals surface area contributed by atoms with E-state index in [4.69, 9.17) is 9.47 Å². The summed E-state index contributed by atoms with van der Waals surface area (Å²) in [6.07, 6.45) is 3.02. The third-order valence-corrected chi connectivity index (χ3v) is 4.73. The highest BCUT2D eigenvalue weighted by molar-refractivity contribution is 5.94. The second-order valence-electron chi connectivity index (χ2n) is 6.82. The summed E-state index contributed by atoms with van der Waals surface area (Å²) in [7, 11) is 1.83. The van der Waals surface area contributed by atoms with E-state index in [9.17, 15) is 4.79 Å². The van der Waals surface area contributed by atoms with Crippen molar-refractivity contribution in [3.05, 3.63) is 65.2 Å². The Morgan fingerprint density at radius 2 is 1.88 bits per heavy atom. The van der Waals surface area contributed by atoms with Crippen molar-refractivity contribution in [1.29, 1.82) is 0 Å². The quantitative estimate of drug-likeness (QED) is 0.704. The molecule has 1 unspecified atom stereocenters. The number of amides is 1. The number of hydrogen-bond donors (Lipinski definition) is 0. The van der Waals surface area contributed by atoms with Crippen LogP contribution in [0.1, 0.15) is 41.3 Å². The van der Waals surface area contributed by atoms with Gasteiger partial charge in [-0.25, -0.2) is 0 Å². The molecule has 1 heterocycles. The number of carbonyl (C=O) groups is 1. The van der Waals surface area contributed by atoms with E-state index in [0.29, 0.717) is 25.3 Å². The number of rotatable bonds is 7. The molecule has 0 saturated carbocycles. The maximum Gasteiger partial charge on any atom is 0.253 e. The zero-order chi connectivity index (χ0) is 18.4. The first-order valence-corrected chi connectivity index (χ1v) is 9.34. The van der Waals surface area contributed by atoms with Crippen LogP contribution in [0.5, 0.6) is 5.75 Å². The lowest BCUT2D eigenvalue weighted by Crippen LogP contribution is -2.38. The fourth-order valence-corrected chi connectivity index (χ4v) is 3.16. The van der Waals surface area contributed by atoms with Gasteiger partial charge in [-0.2, -0.15) is 0 Å². The predicted octanol–water partition coefficient (Wildman–Crippen LogP) is 4.08. The van der Waals surface area contributed by atoms with Crippen molar-refractivity contribution < 1.29 is 14.3 Å². The van der Waals surface area contributed by atoms with Crippen molar-refractivity contribution in [1.82, 2.24) is 4.90 Å². The third kappa shape index (κ3) is 4.64. The molecule has 3 rings (SSSR count). The van der Waals surface area contributed by atoms with Crippen molar-refractivity contribution >= 4 is 5.91 Å². The van der Waals surface area contributed by atoms with Gasteiger partial charge in [0, 0.05) is 25.6 Å². The van der Waals surface area contributed by atoms with E-state index in [0.717, 1.165) is 25.0 Å². The molecule has 1 aliphatic rings. The van der Waals surface area contributed by atoms with Gasteiger partial charge in [0.05, 0.1) is 19.3 Å². The van der Waals surface area contributed by atoms with E-state index in [1.165, 1.54) is 11.1 Å². The fraction of sp³-hybridized carbons (Fsp3) is 0.409. The average molecular weight is 353 g/mol. The number of likely N-dealkylation sites (N-methyl/N-ethyl adjacent to an activating group) is 1. The number of carbonyl (C=O) groups excluding carboxylic acids is 1. The van der Waals surface area contributed by atoms with Gasteiger partial charge in [0.15, 0.2) is 0 Å². The first-order valence-electron chi connectivity index (χ1n) is 9.34. The highest BCUT2D eigenvalue weighted by atomic mass is 16.5. The zero-order valence-electron chi connectivity index (χ0n) is 15.6. The van der Waals surface area contributed by atoms with E-state index < -0.39 is 0 Å². The van der Waals surface area contributed by atoms with E-state index in [2.05, 4.69) is 25.1 Å². The number of nitrogens with zero attached hydrogens (tertiary/aromatic N) is 1. The molecular formula is C22H27NO3. The molecule has 2 aromatic carbocycles. The summed E-state index contributed by atoms with van der Waals surface area (Å²) in [6, 6.07) is 15.7. The molecule has 2 aromatic rings. The lowest BCUT2D eigenvalue weighted by molar-refractivity contribution is 0.00985. The molecule has 1 amide bonds. The van der Waals surface area contributed by atoms with Crippen LogP contribution < -0.4 is 4.74 Å². The highest BCUT2D eigenvalue weighted by Gasteiger charge is 2.22. The van der Waals surface area contributed by atoms with Gasteiger partial charge in [-0.1, -0.05) is 37.6 Å². The number of unbranched alkanes of at least 4 members (excludes halogenated alkanes) is 1. The topological polar surface area (TPSA) is 38.8 Å². The Morgan fingerprint density at radius 1 is 1.15 bits per heavy atom. The van der Waals surface area contributed by atoms with E-state index in [-0.39, 0.29) is 12.0 Å². The van der Waals surface area contributed by atoms with Gasteiger partial charge >= 0.3 is 0 Å². The molecule has 1 aliphatic heterocycles. The van der Waals surface area contributed by atoms with Crippen molar-refractivity contribution in [2.24, 2.45) is 0 Å². The summed E-state index contributed by atoms with van der Waals surface area (Å²) in [4.78, 5) is 14.4. The molecular weight excluding hydrogens is 326 g/mol.